The summed E-state index contributed by atoms with van der Waals surface area (Å²) in [5.74, 6) is 0.0428. The van der Waals surface area contributed by atoms with Gasteiger partial charge in [0.25, 0.3) is 0 Å². The molecule has 156 valence electrons. The van der Waals surface area contributed by atoms with Gasteiger partial charge in [0.2, 0.25) is 0 Å². The highest BCUT2D eigenvalue weighted by Crippen LogP contribution is 2.42. The van der Waals surface area contributed by atoms with Crippen molar-refractivity contribution in [1.29, 1.82) is 0 Å². The van der Waals surface area contributed by atoms with Crippen LogP contribution < -0.4 is 4.74 Å². The first-order valence-corrected chi connectivity index (χ1v) is 11.3. The lowest BCUT2D eigenvalue weighted by Gasteiger charge is -2.40. The maximum atomic E-state index is 12.2. The number of hydrogen-bond donors (Lipinski definition) is 1. The number of carboxylic acids is 1. The summed E-state index contributed by atoms with van der Waals surface area (Å²) >= 11 is 3.62. The molecular weight excluding hydrogens is 442 g/mol. The number of benzene rings is 3. The largest absolute Gasteiger partial charge is 0.494 e. The first-order valence-electron chi connectivity index (χ1n) is 10.5. The highest BCUT2D eigenvalue weighted by Gasteiger charge is 2.37. The molecule has 1 aliphatic heterocycles. The number of aliphatic carboxylic acids is 1. The van der Waals surface area contributed by atoms with Gasteiger partial charge in [0.1, 0.15) is 11.8 Å². The molecule has 3 aromatic rings. The Bertz CT molecular complexity index is 1050. The van der Waals surface area contributed by atoms with Crippen molar-refractivity contribution in [1.82, 2.24) is 4.90 Å². The molecule has 0 bridgehead atoms. The SMILES string of the molecule is CCOc1ccc(Br)cc1C(c1cccc2ccccc12)N1CCCCC1C(=O)O. The van der Waals surface area contributed by atoms with Crippen LogP contribution in [-0.4, -0.2) is 35.2 Å². The van der Waals surface area contributed by atoms with E-state index in [0.29, 0.717) is 13.0 Å². The van der Waals surface area contributed by atoms with Crippen LogP contribution in [0.4, 0.5) is 0 Å². The summed E-state index contributed by atoms with van der Waals surface area (Å²) in [5, 5.41) is 12.3. The van der Waals surface area contributed by atoms with Crippen LogP contribution in [0.5, 0.6) is 5.75 Å². The normalized spacial score (nSPS) is 18.3. The molecule has 2 atom stereocenters. The summed E-state index contributed by atoms with van der Waals surface area (Å²) in [6.07, 6.45) is 2.59. The predicted octanol–water partition coefficient (Wildman–Crippen LogP) is 6.03. The van der Waals surface area contributed by atoms with Crippen molar-refractivity contribution in [3.63, 3.8) is 0 Å². The van der Waals surface area contributed by atoms with Gasteiger partial charge in [0.05, 0.1) is 12.6 Å². The summed E-state index contributed by atoms with van der Waals surface area (Å²) in [6, 6.07) is 19.9. The third-order valence-corrected chi connectivity index (χ3v) is 6.34. The molecule has 0 saturated carbocycles. The van der Waals surface area contributed by atoms with E-state index in [-0.39, 0.29) is 6.04 Å². The topological polar surface area (TPSA) is 49.8 Å². The Hall–Kier alpha value is -2.37. The van der Waals surface area contributed by atoms with E-state index in [1.807, 2.05) is 31.2 Å². The van der Waals surface area contributed by atoms with E-state index in [4.69, 9.17) is 4.74 Å². The van der Waals surface area contributed by atoms with Gasteiger partial charge in [-0.15, -0.1) is 0 Å². The van der Waals surface area contributed by atoms with E-state index in [1.165, 1.54) is 0 Å². The predicted molar refractivity (Wildman–Crippen MR) is 123 cm³/mol. The van der Waals surface area contributed by atoms with Crippen molar-refractivity contribution in [3.8, 4) is 5.75 Å². The average Bonchev–Trinajstić information content (AvgIpc) is 2.76. The molecule has 0 spiro atoms. The Kier molecular flexibility index (Phi) is 6.40. The second-order valence-electron chi connectivity index (χ2n) is 7.67. The van der Waals surface area contributed by atoms with Crippen molar-refractivity contribution in [2.24, 2.45) is 0 Å². The molecule has 0 aromatic heterocycles. The van der Waals surface area contributed by atoms with E-state index >= 15 is 0 Å². The second-order valence-corrected chi connectivity index (χ2v) is 8.59. The smallest absolute Gasteiger partial charge is 0.320 e. The fraction of sp³-hybridized carbons (Fsp3) is 0.320. The van der Waals surface area contributed by atoms with Crippen molar-refractivity contribution in [2.75, 3.05) is 13.2 Å². The van der Waals surface area contributed by atoms with Gasteiger partial charge in [-0.1, -0.05) is 64.8 Å². The maximum Gasteiger partial charge on any atom is 0.320 e. The molecule has 1 saturated heterocycles. The number of nitrogens with zero attached hydrogens (tertiary/aromatic N) is 1. The van der Waals surface area contributed by atoms with Crippen LogP contribution in [0.3, 0.4) is 0 Å². The Labute approximate surface area is 185 Å². The van der Waals surface area contributed by atoms with E-state index < -0.39 is 12.0 Å². The zero-order valence-electron chi connectivity index (χ0n) is 17.1. The van der Waals surface area contributed by atoms with Crippen LogP contribution in [0.15, 0.2) is 65.1 Å². The zero-order chi connectivity index (χ0) is 21.1. The fourth-order valence-electron chi connectivity index (χ4n) is 4.56. The van der Waals surface area contributed by atoms with Gasteiger partial charge in [-0.2, -0.15) is 0 Å². The minimum atomic E-state index is -0.757. The van der Waals surface area contributed by atoms with Gasteiger partial charge in [0.15, 0.2) is 0 Å². The minimum Gasteiger partial charge on any atom is -0.494 e. The monoisotopic (exact) mass is 467 g/mol. The molecule has 3 aromatic carbocycles. The lowest BCUT2D eigenvalue weighted by molar-refractivity contribution is -0.145. The van der Waals surface area contributed by atoms with E-state index in [0.717, 1.165) is 51.5 Å². The highest BCUT2D eigenvalue weighted by atomic mass is 79.9. The maximum absolute atomic E-state index is 12.2. The van der Waals surface area contributed by atoms with Gasteiger partial charge in [0, 0.05) is 10.0 Å². The lowest BCUT2D eigenvalue weighted by Crippen LogP contribution is -2.47. The molecule has 1 aliphatic rings. The summed E-state index contributed by atoms with van der Waals surface area (Å²) in [6.45, 7) is 3.27. The summed E-state index contributed by atoms with van der Waals surface area (Å²) in [7, 11) is 0. The van der Waals surface area contributed by atoms with Gasteiger partial charge in [-0.25, -0.2) is 0 Å². The van der Waals surface area contributed by atoms with Crippen molar-refractivity contribution < 1.29 is 14.6 Å². The van der Waals surface area contributed by atoms with E-state index in [1.54, 1.807) is 0 Å². The Morgan fingerprint density at radius 1 is 1.13 bits per heavy atom. The number of halogens is 1. The van der Waals surface area contributed by atoms with Crippen LogP contribution >= 0.6 is 15.9 Å². The number of rotatable bonds is 6. The van der Waals surface area contributed by atoms with Crippen LogP contribution in [0.25, 0.3) is 10.8 Å². The fourth-order valence-corrected chi connectivity index (χ4v) is 4.94. The number of hydrogen-bond acceptors (Lipinski definition) is 3. The molecule has 0 radical (unpaired) electrons. The highest BCUT2D eigenvalue weighted by molar-refractivity contribution is 9.10. The lowest BCUT2D eigenvalue weighted by atomic mass is 9.88. The molecule has 1 N–H and O–H groups in total. The molecule has 4 rings (SSSR count). The third kappa shape index (κ3) is 4.09. The summed E-state index contributed by atoms with van der Waals surface area (Å²) in [4.78, 5) is 14.3. The zero-order valence-corrected chi connectivity index (χ0v) is 18.6. The molecule has 5 heteroatoms. The minimum absolute atomic E-state index is 0.212. The molecule has 0 aliphatic carbocycles. The van der Waals surface area contributed by atoms with Crippen LogP contribution in [0.2, 0.25) is 0 Å². The van der Waals surface area contributed by atoms with E-state index in [2.05, 4.69) is 57.2 Å². The Morgan fingerprint density at radius 2 is 1.93 bits per heavy atom. The number of carbonyl (C=O) groups is 1. The number of ether oxygens (including phenoxy) is 1. The number of likely N-dealkylation sites (tertiary alicyclic amines) is 1. The molecule has 1 fully saturated rings. The van der Waals surface area contributed by atoms with Crippen molar-refractivity contribution in [2.45, 2.75) is 38.3 Å². The van der Waals surface area contributed by atoms with Gasteiger partial charge in [-0.3, -0.25) is 9.69 Å². The van der Waals surface area contributed by atoms with Gasteiger partial charge in [-0.05, 0) is 60.8 Å². The summed E-state index contributed by atoms with van der Waals surface area (Å²) < 4.78 is 6.95. The second kappa shape index (κ2) is 9.19. The van der Waals surface area contributed by atoms with E-state index in [9.17, 15) is 9.90 Å². The first-order chi connectivity index (χ1) is 14.6. The van der Waals surface area contributed by atoms with Crippen molar-refractivity contribution in [3.05, 3.63) is 76.3 Å². The molecule has 1 heterocycles. The average molecular weight is 468 g/mol. The Morgan fingerprint density at radius 3 is 2.73 bits per heavy atom. The molecule has 0 amide bonds. The van der Waals surface area contributed by atoms with Gasteiger partial charge < -0.3 is 9.84 Å². The first kappa shape index (κ1) is 20.9. The van der Waals surface area contributed by atoms with Crippen LogP contribution in [0, 0.1) is 0 Å². The molecule has 30 heavy (non-hydrogen) atoms. The Balaban J connectivity index is 1.96. The number of carboxylic acid groups (broad SMARTS) is 1. The quantitative estimate of drug-likeness (QED) is 0.480. The van der Waals surface area contributed by atoms with Gasteiger partial charge >= 0.3 is 5.97 Å². The summed E-state index contributed by atoms with van der Waals surface area (Å²) in [5.41, 5.74) is 2.11. The van der Waals surface area contributed by atoms with Crippen LogP contribution in [-0.2, 0) is 4.79 Å². The molecular formula is C25H26BrNO3. The standard InChI is InChI=1S/C25H26BrNO3/c1-2-30-23-14-13-18(26)16-21(23)24(27-15-6-5-12-22(27)25(28)29)20-11-7-9-17-8-3-4-10-19(17)20/h3-4,7-11,13-14,16,22,24H,2,5-6,12,15H2,1H3,(H,28,29). The van der Waals surface area contributed by atoms with Crippen LogP contribution in [0.1, 0.15) is 43.4 Å². The molecule has 2 unspecified atom stereocenters. The van der Waals surface area contributed by atoms with Crippen molar-refractivity contribution >= 4 is 32.7 Å². The number of fused-ring (bicyclic) bond motifs is 1. The molecule has 4 nitrogen and oxygen atoms in total. The third-order valence-electron chi connectivity index (χ3n) is 5.85. The number of piperidine rings is 1.